The standard InChI is InChI=1S/C18H18BrN3O2S/c1-13-2-8-16(9-3-13)21-17(23)11-25-12-18(24)22-20-10-14-4-6-15(19)7-5-14/h2-10H,11-12H2,1H3,(H,21,23)(H,22,24). The van der Waals surface area contributed by atoms with Crippen molar-refractivity contribution in [2.75, 3.05) is 16.8 Å². The molecule has 0 radical (unpaired) electrons. The molecule has 7 heteroatoms. The summed E-state index contributed by atoms with van der Waals surface area (Å²) in [5.74, 6) is -0.0157. The Hall–Kier alpha value is -2.12. The molecule has 0 heterocycles. The lowest BCUT2D eigenvalue weighted by molar-refractivity contribution is -0.118. The highest BCUT2D eigenvalue weighted by Gasteiger charge is 2.05. The van der Waals surface area contributed by atoms with Crippen molar-refractivity contribution < 1.29 is 9.59 Å². The van der Waals surface area contributed by atoms with Crippen LogP contribution in [0.1, 0.15) is 11.1 Å². The largest absolute Gasteiger partial charge is 0.325 e. The van der Waals surface area contributed by atoms with Gasteiger partial charge in [-0.25, -0.2) is 5.43 Å². The van der Waals surface area contributed by atoms with Gasteiger partial charge in [0, 0.05) is 10.2 Å². The molecule has 0 fully saturated rings. The van der Waals surface area contributed by atoms with Crippen molar-refractivity contribution in [2.24, 2.45) is 5.10 Å². The molecule has 25 heavy (non-hydrogen) atoms. The molecule has 2 aromatic carbocycles. The first-order chi connectivity index (χ1) is 12.0. The average molecular weight is 420 g/mol. The smallest absolute Gasteiger partial charge is 0.250 e. The highest BCUT2D eigenvalue weighted by Crippen LogP contribution is 2.10. The SMILES string of the molecule is Cc1ccc(NC(=O)CSCC(=O)NN=Cc2ccc(Br)cc2)cc1. The lowest BCUT2D eigenvalue weighted by atomic mass is 10.2. The van der Waals surface area contributed by atoms with Crippen LogP contribution in [0.4, 0.5) is 5.69 Å². The number of carbonyl (C=O) groups is 2. The number of aryl methyl sites for hydroxylation is 1. The van der Waals surface area contributed by atoms with Gasteiger partial charge in [-0.2, -0.15) is 5.10 Å². The molecule has 130 valence electrons. The zero-order valence-corrected chi connectivity index (χ0v) is 16.1. The van der Waals surface area contributed by atoms with E-state index in [4.69, 9.17) is 0 Å². The molecular weight excluding hydrogens is 402 g/mol. The summed E-state index contributed by atoms with van der Waals surface area (Å²) in [6.45, 7) is 1.99. The van der Waals surface area contributed by atoms with E-state index in [1.54, 1.807) is 6.21 Å². The van der Waals surface area contributed by atoms with Gasteiger partial charge in [0.05, 0.1) is 17.7 Å². The Balaban J connectivity index is 1.65. The Morgan fingerprint density at radius 2 is 1.68 bits per heavy atom. The van der Waals surface area contributed by atoms with E-state index in [1.165, 1.54) is 11.8 Å². The number of thioether (sulfide) groups is 1. The van der Waals surface area contributed by atoms with Crippen LogP contribution in [-0.2, 0) is 9.59 Å². The van der Waals surface area contributed by atoms with Crippen LogP contribution in [0.25, 0.3) is 0 Å². The van der Waals surface area contributed by atoms with Crippen LogP contribution in [0.3, 0.4) is 0 Å². The maximum absolute atomic E-state index is 11.8. The summed E-state index contributed by atoms with van der Waals surface area (Å²) in [4.78, 5) is 23.5. The third-order valence-corrected chi connectivity index (χ3v) is 4.54. The number of carbonyl (C=O) groups excluding carboxylic acids is 2. The van der Waals surface area contributed by atoms with Gasteiger partial charge in [-0.15, -0.1) is 11.8 Å². The minimum absolute atomic E-state index is 0.139. The van der Waals surface area contributed by atoms with Crippen LogP contribution < -0.4 is 10.7 Å². The first kappa shape index (κ1) is 19.2. The molecule has 0 aliphatic heterocycles. The third-order valence-electron chi connectivity index (χ3n) is 3.07. The Morgan fingerprint density at radius 3 is 2.36 bits per heavy atom. The fourth-order valence-electron chi connectivity index (χ4n) is 1.83. The molecule has 2 aromatic rings. The Kier molecular flexibility index (Phi) is 7.69. The lowest BCUT2D eigenvalue weighted by Crippen LogP contribution is -2.21. The van der Waals surface area contributed by atoms with E-state index in [2.05, 4.69) is 31.8 Å². The van der Waals surface area contributed by atoms with Crippen molar-refractivity contribution >= 4 is 51.4 Å². The van der Waals surface area contributed by atoms with Crippen LogP contribution in [0.15, 0.2) is 58.1 Å². The molecule has 2 amide bonds. The number of hydrogen-bond donors (Lipinski definition) is 2. The number of amides is 2. The summed E-state index contributed by atoms with van der Waals surface area (Å²) in [6.07, 6.45) is 1.57. The molecule has 0 spiro atoms. The van der Waals surface area contributed by atoms with Gasteiger partial charge >= 0.3 is 0 Å². The van der Waals surface area contributed by atoms with E-state index in [-0.39, 0.29) is 23.3 Å². The molecule has 0 saturated heterocycles. The predicted molar refractivity (Wildman–Crippen MR) is 107 cm³/mol. The summed E-state index contributed by atoms with van der Waals surface area (Å²) < 4.78 is 0.981. The lowest BCUT2D eigenvalue weighted by Gasteiger charge is -2.05. The number of hydrazone groups is 1. The van der Waals surface area contributed by atoms with Crippen LogP contribution in [0.2, 0.25) is 0 Å². The van der Waals surface area contributed by atoms with Gasteiger partial charge in [0.2, 0.25) is 11.8 Å². The number of nitrogens with one attached hydrogen (secondary N) is 2. The molecule has 5 nitrogen and oxygen atoms in total. The van der Waals surface area contributed by atoms with Crippen molar-refractivity contribution in [3.8, 4) is 0 Å². The van der Waals surface area contributed by atoms with Crippen molar-refractivity contribution in [1.82, 2.24) is 5.43 Å². The normalized spacial score (nSPS) is 10.6. The zero-order chi connectivity index (χ0) is 18.1. The van der Waals surface area contributed by atoms with Gasteiger partial charge in [-0.05, 0) is 36.8 Å². The maximum atomic E-state index is 11.8. The fraction of sp³-hybridized carbons (Fsp3) is 0.167. The molecule has 0 atom stereocenters. The van der Waals surface area contributed by atoms with Crippen molar-refractivity contribution in [2.45, 2.75) is 6.92 Å². The highest BCUT2D eigenvalue weighted by atomic mass is 79.9. The second kappa shape index (κ2) is 10.0. The molecule has 0 aliphatic rings. The molecular formula is C18H18BrN3O2S. The number of anilines is 1. The van der Waals surface area contributed by atoms with Gasteiger partial charge in [0.1, 0.15) is 0 Å². The van der Waals surface area contributed by atoms with Gasteiger partial charge in [0.15, 0.2) is 0 Å². The van der Waals surface area contributed by atoms with Crippen molar-refractivity contribution in [1.29, 1.82) is 0 Å². The Morgan fingerprint density at radius 1 is 1.04 bits per heavy atom. The maximum Gasteiger partial charge on any atom is 0.250 e. The predicted octanol–water partition coefficient (Wildman–Crippen LogP) is 3.58. The number of hydrogen-bond acceptors (Lipinski definition) is 4. The molecule has 2 N–H and O–H groups in total. The monoisotopic (exact) mass is 419 g/mol. The Labute approximate surface area is 159 Å². The van der Waals surface area contributed by atoms with E-state index in [0.717, 1.165) is 21.3 Å². The van der Waals surface area contributed by atoms with Crippen LogP contribution in [0, 0.1) is 6.92 Å². The number of rotatable bonds is 7. The molecule has 2 rings (SSSR count). The minimum Gasteiger partial charge on any atom is -0.325 e. The van der Waals surface area contributed by atoms with E-state index < -0.39 is 0 Å². The number of nitrogens with zero attached hydrogens (tertiary/aromatic N) is 1. The van der Waals surface area contributed by atoms with Gasteiger partial charge in [-0.1, -0.05) is 45.8 Å². The second-order valence-corrected chi connectivity index (χ2v) is 7.15. The van der Waals surface area contributed by atoms with Gasteiger partial charge in [0.25, 0.3) is 0 Å². The first-order valence-electron chi connectivity index (χ1n) is 7.54. The van der Waals surface area contributed by atoms with E-state index in [9.17, 15) is 9.59 Å². The fourth-order valence-corrected chi connectivity index (χ4v) is 2.70. The molecule has 0 saturated carbocycles. The summed E-state index contributed by atoms with van der Waals surface area (Å²) >= 11 is 4.59. The van der Waals surface area contributed by atoms with E-state index in [1.807, 2.05) is 55.5 Å². The Bertz CT molecular complexity index is 746. The molecule has 0 bridgehead atoms. The minimum atomic E-state index is -0.249. The second-order valence-electron chi connectivity index (χ2n) is 5.25. The van der Waals surface area contributed by atoms with E-state index in [0.29, 0.717) is 0 Å². The van der Waals surface area contributed by atoms with Crippen LogP contribution >= 0.6 is 27.7 Å². The zero-order valence-electron chi connectivity index (χ0n) is 13.7. The van der Waals surface area contributed by atoms with Crippen molar-refractivity contribution in [3.63, 3.8) is 0 Å². The first-order valence-corrected chi connectivity index (χ1v) is 9.49. The summed E-state index contributed by atoms with van der Waals surface area (Å²) in [7, 11) is 0. The van der Waals surface area contributed by atoms with Crippen molar-refractivity contribution in [3.05, 3.63) is 64.1 Å². The molecule has 0 aliphatic carbocycles. The van der Waals surface area contributed by atoms with Gasteiger partial charge < -0.3 is 5.32 Å². The summed E-state index contributed by atoms with van der Waals surface area (Å²) in [5, 5.41) is 6.68. The highest BCUT2D eigenvalue weighted by molar-refractivity contribution is 9.10. The summed E-state index contributed by atoms with van der Waals surface area (Å²) in [6, 6.07) is 15.1. The van der Waals surface area contributed by atoms with E-state index >= 15 is 0 Å². The number of benzene rings is 2. The van der Waals surface area contributed by atoms with Crippen LogP contribution in [0.5, 0.6) is 0 Å². The third kappa shape index (κ3) is 7.53. The van der Waals surface area contributed by atoms with Crippen LogP contribution in [-0.4, -0.2) is 29.5 Å². The summed E-state index contributed by atoms with van der Waals surface area (Å²) in [5.41, 5.74) is 5.21. The molecule has 0 aromatic heterocycles. The molecule has 0 unspecified atom stereocenters. The topological polar surface area (TPSA) is 70.6 Å². The average Bonchev–Trinajstić information content (AvgIpc) is 2.59. The van der Waals surface area contributed by atoms with Gasteiger partial charge in [-0.3, -0.25) is 9.59 Å². The number of halogens is 1. The quantitative estimate of drug-likeness (QED) is 0.532.